The predicted octanol–water partition coefficient (Wildman–Crippen LogP) is 3.85. The van der Waals surface area contributed by atoms with Crippen molar-refractivity contribution in [3.8, 4) is 11.5 Å². The van der Waals surface area contributed by atoms with Crippen LogP contribution in [-0.4, -0.2) is 22.9 Å². The van der Waals surface area contributed by atoms with Crippen LogP contribution in [0.1, 0.15) is 12.5 Å². The molecule has 22 heavy (non-hydrogen) atoms. The average molecular weight is 313 g/mol. The van der Waals surface area contributed by atoms with Crippen LogP contribution in [0.3, 0.4) is 0 Å². The van der Waals surface area contributed by atoms with E-state index in [-0.39, 0.29) is 5.75 Å². The Morgan fingerprint density at radius 2 is 2.14 bits per heavy atom. The first-order valence-electron chi connectivity index (χ1n) is 6.87. The summed E-state index contributed by atoms with van der Waals surface area (Å²) in [5.41, 5.74) is 4.41. The van der Waals surface area contributed by atoms with E-state index in [2.05, 4.69) is 15.5 Å². The molecule has 0 aliphatic heterocycles. The smallest absolute Gasteiger partial charge is 0.204 e. The van der Waals surface area contributed by atoms with Crippen molar-refractivity contribution in [2.24, 2.45) is 5.10 Å². The molecule has 2 N–H and O–H groups in total. The third-order valence-corrected chi connectivity index (χ3v) is 3.93. The first kappa shape index (κ1) is 14.3. The lowest BCUT2D eigenvalue weighted by molar-refractivity contribution is 0.318. The maximum Gasteiger partial charge on any atom is 0.204 e. The van der Waals surface area contributed by atoms with E-state index in [1.165, 1.54) is 11.3 Å². The van der Waals surface area contributed by atoms with Crippen molar-refractivity contribution in [2.75, 3.05) is 12.0 Å². The van der Waals surface area contributed by atoms with E-state index in [0.29, 0.717) is 23.1 Å². The number of phenols is 1. The quantitative estimate of drug-likeness (QED) is 0.554. The number of hydrogen-bond acceptors (Lipinski definition) is 6. The Kier molecular flexibility index (Phi) is 4.20. The van der Waals surface area contributed by atoms with E-state index in [0.717, 1.165) is 10.2 Å². The first-order chi connectivity index (χ1) is 10.8. The zero-order valence-corrected chi connectivity index (χ0v) is 12.8. The van der Waals surface area contributed by atoms with Crippen molar-refractivity contribution in [3.05, 3.63) is 48.0 Å². The topological polar surface area (TPSA) is 66.7 Å². The molecule has 0 saturated carbocycles. The second kappa shape index (κ2) is 6.44. The van der Waals surface area contributed by atoms with Crippen molar-refractivity contribution in [1.82, 2.24) is 4.98 Å². The van der Waals surface area contributed by atoms with Gasteiger partial charge in [0.25, 0.3) is 0 Å². The Labute approximate surface area is 131 Å². The summed E-state index contributed by atoms with van der Waals surface area (Å²) in [5, 5.41) is 14.9. The molecule has 0 aliphatic carbocycles. The fourth-order valence-corrected chi connectivity index (χ4v) is 2.81. The summed E-state index contributed by atoms with van der Waals surface area (Å²) < 4.78 is 6.44. The number of rotatable bonds is 5. The largest absolute Gasteiger partial charge is 0.504 e. The van der Waals surface area contributed by atoms with Gasteiger partial charge in [-0.2, -0.15) is 5.10 Å². The molecule has 0 aliphatic rings. The first-order valence-corrected chi connectivity index (χ1v) is 7.69. The number of hydrogen-bond donors (Lipinski definition) is 2. The van der Waals surface area contributed by atoms with Gasteiger partial charge in [-0.05, 0) is 31.2 Å². The third kappa shape index (κ3) is 3.01. The Hall–Kier alpha value is -2.60. The van der Waals surface area contributed by atoms with Crippen molar-refractivity contribution in [3.63, 3.8) is 0 Å². The molecule has 3 rings (SSSR count). The van der Waals surface area contributed by atoms with Crippen molar-refractivity contribution < 1.29 is 9.84 Å². The molecule has 0 bridgehead atoms. The highest BCUT2D eigenvalue weighted by Crippen LogP contribution is 2.29. The molecule has 0 saturated heterocycles. The predicted molar refractivity (Wildman–Crippen MR) is 90.1 cm³/mol. The van der Waals surface area contributed by atoms with Gasteiger partial charge >= 0.3 is 0 Å². The van der Waals surface area contributed by atoms with E-state index in [1.807, 2.05) is 37.3 Å². The normalized spacial score (nSPS) is 11.1. The summed E-state index contributed by atoms with van der Waals surface area (Å²) in [5.74, 6) is 0.533. The fourth-order valence-electron chi connectivity index (χ4n) is 1.99. The highest BCUT2D eigenvalue weighted by Gasteiger charge is 2.06. The second-order valence-electron chi connectivity index (χ2n) is 4.48. The summed E-state index contributed by atoms with van der Waals surface area (Å²) in [6, 6.07) is 13.2. The Morgan fingerprint density at radius 1 is 1.27 bits per heavy atom. The highest BCUT2D eigenvalue weighted by atomic mass is 32.1. The Morgan fingerprint density at radius 3 is 2.95 bits per heavy atom. The number of para-hydroxylation sites is 2. The van der Waals surface area contributed by atoms with E-state index in [9.17, 15) is 5.11 Å². The van der Waals surface area contributed by atoms with Crippen LogP contribution in [0.5, 0.6) is 11.5 Å². The Balaban J connectivity index is 1.75. The number of anilines is 1. The highest BCUT2D eigenvalue weighted by molar-refractivity contribution is 7.22. The molecule has 0 fully saturated rings. The standard InChI is InChI=1S/C16H15N3O2S/c1-2-21-13-8-5-6-11(15(13)20)10-17-19-16-18-12-7-3-4-9-14(12)22-16/h3-10,20H,2H2,1H3,(H,18,19). The van der Waals surface area contributed by atoms with Gasteiger partial charge < -0.3 is 9.84 Å². The van der Waals surface area contributed by atoms with Gasteiger partial charge in [0.05, 0.1) is 23.0 Å². The van der Waals surface area contributed by atoms with Gasteiger partial charge in [0.2, 0.25) is 5.13 Å². The number of benzene rings is 2. The average Bonchev–Trinajstić information content (AvgIpc) is 2.94. The summed E-state index contributed by atoms with van der Waals surface area (Å²) in [6.07, 6.45) is 1.55. The molecule has 1 heterocycles. The zero-order chi connectivity index (χ0) is 15.4. The molecule has 2 aromatic carbocycles. The maximum atomic E-state index is 10.1. The molecular weight excluding hydrogens is 298 g/mol. The maximum absolute atomic E-state index is 10.1. The monoisotopic (exact) mass is 313 g/mol. The molecular formula is C16H15N3O2S. The van der Waals surface area contributed by atoms with Crippen LogP contribution in [0.15, 0.2) is 47.6 Å². The van der Waals surface area contributed by atoms with E-state index in [4.69, 9.17) is 4.74 Å². The third-order valence-electron chi connectivity index (χ3n) is 2.99. The number of nitrogens with zero attached hydrogens (tertiary/aromatic N) is 2. The molecule has 5 nitrogen and oxygen atoms in total. The lowest BCUT2D eigenvalue weighted by atomic mass is 10.2. The summed E-state index contributed by atoms with van der Waals surface area (Å²) >= 11 is 1.52. The molecule has 112 valence electrons. The molecule has 0 radical (unpaired) electrons. The number of phenolic OH excluding ortho intramolecular Hbond substituents is 1. The van der Waals surface area contributed by atoms with Gasteiger partial charge in [0.15, 0.2) is 11.5 Å². The summed E-state index contributed by atoms with van der Waals surface area (Å²) in [4.78, 5) is 4.42. The van der Waals surface area contributed by atoms with Crippen LogP contribution in [0.25, 0.3) is 10.2 Å². The number of thiazole rings is 1. The minimum Gasteiger partial charge on any atom is -0.504 e. The summed E-state index contributed by atoms with van der Waals surface area (Å²) in [6.45, 7) is 2.37. The van der Waals surface area contributed by atoms with Gasteiger partial charge in [-0.25, -0.2) is 4.98 Å². The molecule has 3 aromatic rings. The van der Waals surface area contributed by atoms with E-state index < -0.39 is 0 Å². The molecule has 0 atom stereocenters. The molecule has 6 heteroatoms. The van der Waals surface area contributed by atoms with Crippen molar-refractivity contribution in [2.45, 2.75) is 6.92 Å². The van der Waals surface area contributed by atoms with Crippen LogP contribution in [0.2, 0.25) is 0 Å². The van der Waals surface area contributed by atoms with Crippen molar-refractivity contribution in [1.29, 1.82) is 0 Å². The molecule has 0 amide bonds. The number of nitrogens with one attached hydrogen (secondary N) is 1. The minimum atomic E-state index is 0.0826. The van der Waals surface area contributed by atoms with E-state index >= 15 is 0 Å². The van der Waals surface area contributed by atoms with E-state index in [1.54, 1.807) is 18.3 Å². The van der Waals surface area contributed by atoms with Gasteiger partial charge in [-0.1, -0.05) is 29.5 Å². The van der Waals surface area contributed by atoms with Gasteiger partial charge in [-0.3, -0.25) is 5.43 Å². The van der Waals surface area contributed by atoms with Gasteiger partial charge in [0, 0.05) is 5.56 Å². The van der Waals surface area contributed by atoms with Gasteiger partial charge in [0.1, 0.15) is 0 Å². The molecule has 0 unspecified atom stereocenters. The van der Waals surface area contributed by atoms with Crippen LogP contribution >= 0.6 is 11.3 Å². The second-order valence-corrected chi connectivity index (χ2v) is 5.51. The number of aromatic nitrogens is 1. The Bertz CT molecular complexity index is 781. The van der Waals surface area contributed by atoms with Crippen LogP contribution < -0.4 is 10.2 Å². The summed E-state index contributed by atoms with van der Waals surface area (Å²) in [7, 11) is 0. The van der Waals surface area contributed by atoms with Crippen LogP contribution in [-0.2, 0) is 0 Å². The van der Waals surface area contributed by atoms with Crippen LogP contribution in [0, 0.1) is 0 Å². The number of aromatic hydroxyl groups is 1. The molecule has 1 aromatic heterocycles. The SMILES string of the molecule is CCOc1cccc(C=NNc2nc3ccccc3s2)c1O. The van der Waals surface area contributed by atoms with Gasteiger partial charge in [-0.15, -0.1) is 0 Å². The minimum absolute atomic E-state index is 0.0826. The number of ether oxygens (including phenoxy) is 1. The lowest BCUT2D eigenvalue weighted by Gasteiger charge is -2.06. The van der Waals surface area contributed by atoms with Crippen LogP contribution in [0.4, 0.5) is 5.13 Å². The van der Waals surface area contributed by atoms with Crippen molar-refractivity contribution >= 4 is 32.9 Å². The zero-order valence-electron chi connectivity index (χ0n) is 12.0. The molecule has 0 spiro atoms. The number of hydrazone groups is 1. The number of fused-ring (bicyclic) bond motifs is 1. The fraction of sp³-hybridized carbons (Fsp3) is 0.125. The lowest BCUT2D eigenvalue weighted by Crippen LogP contribution is -1.95.